The number of amides is 1. The van der Waals surface area contributed by atoms with E-state index < -0.39 is 0 Å². The highest BCUT2D eigenvalue weighted by atomic mass is 32.1. The Kier molecular flexibility index (Phi) is 8.25. The van der Waals surface area contributed by atoms with Gasteiger partial charge in [-0.15, -0.1) is 11.3 Å². The SMILES string of the molecule is CCNC(=NCC(=O)N1CCC(Cc2ccccc2)CC1)NCc1nc(C)c(C)s1. The van der Waals surface area contributed by atoms with Crippen molar-refractivity contribution in [1.82, 2.24) is 20.5 Å². The van der Waals surface area contributed by atoms with Crippen molar-refractivity contribution in [2.45, 2.75) is 46.6 Å². The predicted molar refractivity (Wildman–Crippen MR) is 124 cm³/mol. The Morgan fingerprint density at radius 1 is 1.20 bits per heavy atom. The molecule has 2 aromatic rings. The number of likely N-dealkylation sites (tertiary alicyclic amines) is 1. The van der Waals surface area contributed by atoms with E-state index in [4.69, 9.17) is 0 Å². The molecule has 7 heteroatoms. The topological polar surface area (TPSA) is 69.6 Å². The van der Waals surface area contributed by atoms with Crippen molar-refractivity contribution in [3.05, 3.63) is 51.5 Å². The van der Waals surface area contributed by atoms with Crippen LogP contribution in [0.3, 0.4) is 0 Å². The maximum atomic E-state index is 12.6. The molecule has 1 saturated heterocycles. The summed E-state index contributed by atoms with van der Waals surface area (Å²) in [5, 5.41) is 7.53. The molecule has 162 valence electrons. The highest BCUT2D eigenvalue weighted by Gasteiger charge is 2.22. The number of nitrogens with one attached hydrogen (secondary N) is 2. The van der Waals surface area contributed by atoms with Crippen LogP contribution < -0.4 is 10.6 Å². The summed E-state index contributed by atoms with van der Waals surface area (Å²) < 4.78 is 0. The van der Waals surface area contributed by atoms with Crippen LogP contribution in [-0.2, 0) is 17.8 Å². The van der Waals surface area contributed by atoms with E-state index >= 15 is 0 Å². The maximum Gasteiger partial charge on any atom is 0.244 e. The summed E-state index contributed by atoms with van der Waals surface area (Å²) in [5.74, 6) is 1.42. The highest BCUT2D eigenvalue weighted by molar-refractivity contribution is 7.11. The lowest BCUT2D eigenvalue weighted by Crippen LogP contribution is -2.41. The third-order valence-electron chi connectivity index (χ3n) is 5.53. The van der Waals surface area contributed by atoms with E-state index in [1.54, 1.807) is 11.3 Å². The fraction of sp³-hybridized carbons (Fsp3) is 0.522. The Hall–Kier alpha value is -2.41. The fourth-order valence-corrected chi connectivity index (χ4v) is 4.57. The molecule has 1 aliphatic rings. The molecule has 2 N–H and O–H groups in total. The van der Waals surface area contributed by atoms with Crippen molar-refractivity contribution < 1.29 is 4.79 Å². The highest BCUT2D eigenvalue weighted by Crippen LogP contribution is 2.21. The van der Waals surface area contributed by atoms with Gasteiger partial charge in [-0.2, -0.15) is 0 Å². The second-order valence-corrected chi connectivity index (χ2v) is 9.10. The number of hydrogen-bond acceptors (Lipinski definition) is 4. The van der Waals surface area contributed by atoms with E-state index in [2.05, 4.69) is 57.9 Å². The predicted octanol–water partition coefficient (Wildman–Crippen LogP) is 3.30. The minimum absolute atomic E-state index is 0.103. The average Bonchev–Trinajstić information content (AvgIpc) is 3.08. The molecule has 1 aliphatic heterocycles. The van der Waals surface area contributed by atoms with Crippen LogP contribution in [0.1, 0.15) is 40.9 Å². The summed E-state index contributed by atoms with van der Waals surface area (Å²) in [4.78, 5) is 24.9. The number of rotatable bonds is 7. The van der Waals surface area contributed by atoms with E-state index in [1.165, 1.54) is 10.4 Å². The normalized spacial score (nSPS) is 15.3. The number of benzene rings is 1. The summed E-state index contributed by atoms with van der Waals surface area (Å²) in [6.45, 7) is 9.32. The third kappa shape index (κ3) is 6.55. The van der Waals surface area contributed by atoms with Gasteiger partial charge < -0.3 is 15.5 Å². The summed E-state index contributed by atoms with van der Waals surface area (Å²) in [6.07, 6.45) is 3.22. The molecular weight excluding hydrogens is 394 g/mol. The molecule has 0 atom stereocenters. The van der Waals surface area contributed by atoms with E-state index in [-0.39, 0.29) is 12.5 Å². The summed E-state index contributed by atoms with van der Waals surface area (Å²) in [6, 6.07) is 10.6. The van der Waals surface area contributed by atoms with Gasteiger partial charge in [-0.05, 0) is 51.5 Å². The first kappa shape index (κ1) is 22.3. The Labute approximate surface area is 183 Å². The van der Waals surface area contributed by atoms with Gasteiger partial charge in [0.2, 0.25) is 5.91 Å². The van der Waals surface area contributed by atoms with Gasteiger partial charge in [-0.1, -0.05) is 30.3 Å². The second-order valence-electron chi connectivity index (χ2n) is 7.81. The molecule has 1 fully saturated rings. The molecule has 2 heterocycles. The van der Waals surface area contributed by atoms with Gasteiger partial charge >= 0.3 is 0 Å². The summed E-state index contributed by atoms with van der Waals surface area (Å²) in [7, 11) is 0. The molecule has 1 aromatic carbocycles. The molecule has 1 amide bonds. The Bertz CT molecular complexity index is 821. The minimum Gasteiger partial charge on any atom is -0.357 e. The Morgan fingerprint density at radius 3 is 2.57 bits per heavy atom. The lowest BCUT2D eigenvalue weighted by atomic mass is 9.90. The molecule has 0 saturated carbocycles. The van der Waals surface area contributed by atoms with E-state index in [1.807, 2.05) is 18.7 Å². The van der Waals surface area contributed by atoms with Crippen molar-refractivity contribution in [3.8, 4) is 0 Å². The van der Waals surface area contributed by atoms with E-state index in [0.29, 0.717) is 18.4 Å². The van der Waals surface area contributed by atoms with Gasteiger partial charge in [0.15, 0.2) is 5.96 Å². The molecule has 3 rings (SSSR count). The van der Waals surface area contributed by atoms with E-state index in [9.17, 15) is 4.79 Å². The third-order valence-corrected chi connectivity index (χ3v) is 6.60. The lowest BCUT2D eigenvalue weighted by molar-refractivity contribution is -0.130. The molecule has 1 aromatic heterocycles. The number of nitrogens with zero attached hydrogens (tertiary/aromatic N) is 3. The molecule has 0 unspecified atom stereocenters. The number of hydrogen-bond donors (Lipinski definition) is 2. The lowest BCUT2D eigenvalue weighted by Gasteiger charge is -2.31. The smallest absolute Gasteiger partial charge is 0.244 e. The number of carbonyl (C=O) groups is 1. The molecule has 0 bridgehead atoms. The molecule has 0 spiro atoms. The Balaban J connectivity index is 1.45. The number of carbonyl (C=O) groups excluding carboxylic acids is 1. The van der Waals surface area contributed by atoms with Crippen LogP contribution in [0.2, 0.25) is 0 Å². The molecule has 0 radical (unpaired) electrons. The fourth-order valence-electron chi connectivity index (χ4n) is 3.70. The second kappa shape index (κ2) is 11.1. The standard InChI is InChI=1S/C23H33N5OS/c1-4-24-23(25-15-21-27-17(2)18(3)30-21)26-16-22(29)28-12-10-20(11-13-28)14-19-8-6-5-7-9-19/h5-9,20H,4,10-16H2,1-3H3,(H2,24,25,26). The first-order chi connectivity index (χ1) is 14.5. The maximum absolute atomic E-state index is 12.6. The first-order valence-corrected chi connectivity index (χ1v) is 11.6. The van der Waals surface area contributed by atoms with Gasteiger partial charge in [0.25, 0.3) is 0 Å². The quantitative estimate of drug-likeness (QED) is 0.525. The van der Waals surface area contributed by atoms with Crippen molar-refractivity contribution in [1.29, 1.82) is 0 Å². The Morgan fingerprint density at radius 2 is 1.93 bits per heavy atom. The monoisotopic (exact) mass is 427 g/mol. The van der Waals surface area contributed by atoms with Crippen molar-refractivity contribution in [2.24, 2.45) is 10.9 Å². The van der Waals surface area contributed by atoms with Crippen LogP contribution in [0, 0.1) is 19.8 Å². The van der Waals surface area contributed by atoms with Crippen LogP contribution in [-0.4, -0.2) is 47.9 Å². The van der Waals surface area contributed by atoms with Gasteiger partial charge in [-0.3, -0.25) is 4.79 Å². The van der Waals surface area contributed by atoms with Crippen LogP contribution in [0.15, 0.2) is 35.3 Å². The van der Waals surface area contributed by atoms with E-state index in [0.717, 1.165) is 49.6 Å². The van der Waals surface area contributed by atoms with Crippen molar-refractivity contribution in [2.75, 3.05) is 26.2 Å². The number of guanidine groups is 1. The van der Waals surface area contributed by atoms with Crippen molar-refractivity contribution >= 4 is 23.2 Å². The van der Waals surface area contributed by atoms with Gasteiger partial charge in [0, 0.05) is 24.5 Å². The van der Waals surface area contributed by atoms with Crippen molar-refractivity contribution in [3.63, 3.8) is 0 Å². The van der Waals surface area contributed by atoms with Gasteiger partial charge in [0.05, 0.1) is 12.2 Å². The number of piperidine rings is 1. The summed E-state index contributed by atoms with van der Waals surface area (Å²) in [5.41, 5.74) is 2.46. The van der Waals surface area contributed by atoms with Crippen LogP contribution in [0.4, 0.5) is 0 Å². The zero-order valence-corrected chi connectivity index (χ0v) is 19.1. The van der Waals surface area contributed by atoms with Crippen LogP contribution in [0.25, 0.3) is 0 Å². The van der Waals surface area contributed by atoms with Gasteiger partial charge in [-0.25, -0.2) is 9.98 Å². The largest absolute Gasteiger partial charge is 0.357 e. The minimum atomic E-state index is 0.103. The number of aromatic nitrogens is 1. The number of thiazole rings is 1. The zero-order chi connectivity index (χ0) is 21.3. The number of aryl methyl sites for hydroxylation is 2. The number of aliphatic imine (C=N–C) groups is 1. The zero-order valence-electron chi connectivity index (χ0n) is 18.3. The molecule has 6 nitrogen and oxygen atoms in total. The van der Waals surface area contributed by atoms with Gasteiger partial charge in [0.1, 0.15) is 11.6 Å². The summed E-state index contributed by atoms with van der Waals surface area (Å²) >= 11 is 1.69. The van der Waals surface area contributed by atoms with Crippen LogP contribution in [0.5, 0.6) is 0 Å². The van der Waals surface area contributed by atoms with Crippen LogP contribution >= 0.6 is 11.3 Å². The molecular formula is C23H33N5OS. The first-order valence-electron chi connectivity index (χ1n) is 10.8. The molecule has 30 heavy (non-hydrogen) atoms. The molecule has 0 aliphatic carbocycles. The average molecular weight is 428 g/mol.